The Morgan fingerprint density at radius 1 is 1.07 bits per heavy atom. The molecule has 152 valence electrons. The number of fused-ring (bicyclic) bond motifs is 3. The third-order valence-electron chi connectivity index (χ3n) is 6.26. The van der Waals surface area contributed by atoms with Crippen molar-refractivity contribution in [1.82, 2.24) is 4.72 Å². The number of rotatable bonds is 3. The number of sulfonamides is 1. The number of furan rings is 1. The number of benzene rings is 1. The Kier molecular flexibility index (Phi) is 4.31. The predicted octanol–water partition coefficient (Wildman–Crippen LogP) is 4.29. The summed E-state index contributed by atoms with van der Waals surface area (Å²) in [5.41, 5.74) is 6.55. The van der Waals surface area contributed by atoms with Gasteiger partial charge >= 0.3 is 6.03 Å². The minimum atomic E-state index is -4.09. The second kappa shape index (κ2) is 6.76. The normalized spacial score (nSPS) is 19.6. The van der Waals surface area contributed by atoms with Crippen LogP contribution < -0.4 is 10.0 Å². The highest BCUT2D eigenvalue weighted by atomic mass is 32.2. The van der Waals surface area contributed by atoms with Gasteiger partial charge in [-0.2, -0.15) is 8.42 Å². The Labute approximate surface area is 170 Å². The summed E-state index contributed by atoms with van der Waals surface area (Å²) in [5, 5.41) is 2.63. The molecule has 0 saturated carbocycles. The van der Waals surface area contributed by atoms with Crippen molar-refractivity contribution in [2.24, 2.45) is 0 Å². The number of amides is 2. The van der Waals surface area contributed by atoms with Crippen molar-refractivity contribution in [3.8, 4) is 0 Å². The highest BCUT2D eigenvalue weighted by Crippen LogP contribution is 2.38. The molecule has 29 heavy (non-hydrogen) atoms. The van der Waals surface area contributed by atoms with Crippen molar-refractivity contribution in [1.29, 1.82) is 0 Å². The van der Waals surface area contributed by atoms with Gasteiger partial charge in [-0.15, -0.1) is 0 Å². The summed E-state index contributed by atoms with van der Waals surface area (Å²) < 4.78 is 33.1. The molecule has 0 aliphatic heterocycles. The first kappa shape index (κ1) is 18.5. The largest absolute Gasteiger partial charge is 0.443 e. The highest BCUT2D eigenvalue weighted by Gasteiger charge is 2.29. The minimum absolute atomic E-state index is 0.186. The van der Waals surface area contributed by atoms with Crippen LogP contribution in [0.1, 0.15) is 65.7 Å². The van der Waals surface area contributed by atoms with E-state index in [0.29, 0.717) is 5.76 Å². The zero-order chi connectivity index (χ0) is 20.2. The van der Waals surface area contributed by atoms with Crippen LogP contribution in [0, 0.1) is 0 Å². The zero-order valence-corrected chi connectivity index (χ0v) is 17.2. The van der Waals surface area contributed by atoms with E-state index in [0.717, 1.165) is 67.3 Å². The molecule has 0 bridgehead atoms. The van der Waals surface area contributed by atoms with Crippen molar-refractivity contribution in [2.75, 3.05) is 5.32 Å². The molecule has 0 saturated heterocycles. The molecule has 1 aromatic heterocycles. The number of carbonyl (C=O) groups is 1. The number of anilines is 1. The van der Waals surface area contributed by atoms with Gasteiger partial charge in [-0.3, -0.25) is 0 Å². The topological polar surface area (TPSA) is 88.4 Å². The summed E-state index contributed by atoms with van der Waals surface area (Å²) in [6, 6.07) is 3.06. The SMILES string of the molecule is CC1CC=Cc2oc(S(=O)(=O)NC(=O)Nc3c4c(cc5c3CCC5)CCC4)cc21. The number of nitrogens with one attached hydrogen (secondary N) is 2. The molecular weight excluding hydrogens is 388 g/mol. The molecule has 2 N–H and O–H groups in total. The Bertz CT molecular complexity index is 1110. The lowest BCUT2D eigenvalue weighted by molar-refractivity contribution is 0.256. The first-order valence-corrected chi connectivity index (χ1v) is 11.7. The van der Waals surface area contributed by atoms with Gasteiger partial charge < -0.3 is 9.73 Å². The molecule has 3 aliphatic rings. The quantitative estimate of drug-likeness (QED) is 0.787. The zero-order valence-electron chi connectivity index (χ0n) is 16.4. The van der Waals surface area contributed by atoms with E-state index in [1.165, 1.54) is 17.2 Å². The molecule has 0 radical (unpaired) electrons. The molecule has 3 aliphatic carbocycles. The summed E-state index contributed by atoms with van der Waals surface area (Å²) in [6.45, 7) is 2.02. The van der Waals surface area contributed by atoms with Gasteiger partial charge in [-0.25, -0.2) is 9.52 Å². The second-order valence-electron chi connectivity index (χ2n) is 8.22. The molecular formula is C22H24N2O4S. The van der Waals surface area contributed by atoms with Crippen molar-refractivity contribution >= 4 is 27.8 Å². The minimum Gasteiger partial charge on any atom is -0.443 e. The molecule has 1 atom stereocenters. The van der Waals surface area contributed by atoms with E-state index in [1.54, 1.807) is 6.08 Å². The number of hydrogen-bond donors (Lipinski definition) is 2. The first-order chi connectivity index (χ1) is 13.9. The number of hydrogen-bond acceptors (Lipinski definition) is 4. The molecule has 0 fully saturated rings. The summed E-state index contributed by atoms with van der Waals surface area (Å²) >= 11 is 0. The number of urea groups is 1. The standard InChI is InChI=1S/C22H24N2O4S/c1-13-5-2-10-19-18(13)12-20(28-19)29(26,27)24-22(25)23-21-16-8-3-6-14(16)11-15-7-4-9-17(15)21/h2,10-13H,3-9H2,1H3,(H2,23,24,25). The van der Waals surface area contributed by atoms with Gasteiger partial charge in [-0.1, -0.05) is 19.1 Å². The van der Waals surface area contributed by atoms with Gasteiger partial charge in [0.25, 0.3) is 10.0 Å². The highest BCUT2D eigenvalue weighted by molar-refractivity contribution is 7.89. The molecule has 2 aromatic rings. The Morgan fingerprint density at radius 2 is 1.76 bits per heavy atom. The van der Waals surface area contributed by atoms with E-state index in [1.807, 2.05) is 13.0 Å². The van der Waals surface area contributed by atoms with Crippen molar-refractivity contribution in [3.63, 3.8) is 0 Å². The molecule has 2 amide bonds. The number of carbonyl (C=O) groups excluding carboxylic acids is 1. The van der Waals surface area contributed by atoms with Gasteiger partial charge in [-0.05, 0) is 79.2 Å². The average Bonchev–Trinajstić information content (AvgIpc) is 3.40. The summed E-state index contributed by atoms with van der Waals surface area (Å²) in [7, 11) is -4.09. The summed E-state index contributed by atoms with van der Waals surface area (Å²) in [4.78, 5) is 12.7. The maximum absolute atomic E-state index is 12.7. The van der Waals surface area contributed by atoms with Gasteiger partial charge in [0.1, 0.15) is 5.76 Å². The van der Waals surface area contributed by atoms with Crippen LogP contribution in [0.2, 0.25) is 0 Å². The van der Waals surface area contributed by atoms with Crippen LogP contribution in [0.3, 0.4) is 0 Å². The molecule has 5 rings (SSSR count). The van der Waals surface area contributed by atoms with Gasteiger partial charge in [0.2, 0.25) is 5.09 Å². The fourth-order valence-electron chi connectivity index (χ4n) is 4.83. The van der Waals surface area contributed by atoms with Crippen molar-refractivity contribution < 1.29 is 17.6 Å². The third kappa shape index (κ3) is 3.17. The van der Waals surface area contributed by atoms with E-state index >= 15 is 0 Å². The van der Waals surface area contributed by atoms with Crippen LogP contribution in [0.4, 0.5) is 10.5 Å². The Hall–Kier alpha value is -2.54. The number of aryl methyl sites for hydroxylation is 2. The van der Waals surface area contributed by atoms with Crippen LogP contribution in [0.15, 0.2) is 27.7 Å². The molecule has 7 heteroatoms. The first-order valence-electron chi connectivity index (χ1n) is 10.2. The van der Waals surface area contributed by atoms with Gasteiger partial charge in [0.15, 0.2) is 0 Å². The molecule has 1 unspecified atom stereocenters. The molecule has 1 heterocycles. The monoisotopic (exact) mass is 412 g/mol. The lowest BCUT2D eigenvalue weighted by atomic mass is 9.94. The van der Waals surface area contributed by atoms with Crippen LogP contribution in [-0.2, 0) is 35.7 Å². The second-order valence-corrected chi connectivity index (χ2v) is 9.83. The Balaban J connectivity index is 1.40. The van der Waals surface area contributed by atoms with Crippen molar-refractivity contribution in [3.05, 3.63) is 51.8 Å². The van der Waals surface area contributed by atoms with Crippen LogP contribution in [-0.4, -0.2) is 14.4 Å². The smallest absolute Gasteiger partial charge is 0.333 e. The number of allylic oxidation sites excluding steroid dienone is 1. The fraction of sp³-hybridized carbons (Fsp3) is 0.409. The summed E-state index contributed by atoms with van der Waals surface area (Å²) in [6.07, 6.45) is 10.6. The third-order valence-corrected chi connectivity index (χ3v) is 7.45. The van der Waals surface area contributed by atoms with Gasteiger partial charge in [0, 0.05) is 17.3 Å². The van der Waals surface area contributed by atoms with E-state index in [2.05, 4.69) is 16.1 Å². The van der Waals surface area contributed by atoms with E-state index < -0.39 is 16.1 Å². The molecule has 6 nitrogen and oxygen atoms in total. The lowest BCUT2D eigenvalue weighted by Gasteiger charge is -2.16. The molecule has 1 aromatic carbocycles. The van der Waals surface area contributed by atoms with Crippen LogP contribution in [0.5, 0.6) is 0 Å². The maximum atomic E-state index is 12.7. The predicted molar refractivity (Wildman–Crippen MR) is 111 cm³/mol. The van der Waals surface area contributed by atoms with Crippen LogP contribution >= 0.6 is 0 Å². The average molecular weight is 413 g/mol. The molecule has 0 spiro atoms. The summed E-state index contributed by atoms with van der Waals surface area (Å²) in [5.74, 6) is 0.731. The Morgan fingerprint density at radius 3 is 2.41 bits per heavy atom. The van der Waals surface area contributed by atoms with Crippen molar-refractivity contribution in [2.45, 2.75) is 62.9 Å². The lowest BCUT2D eigenvalue weighted by Crippen LogP contribution is -2.34. The van der Waals surface area contributed by atoms with Crippen LogP contribution in [0.25, 0.3) is 6.08 Å². The maximum Gasteiger partial charge on any atom is 0.333 e. The van der Waals surface area contributed by atoms with E-state index in [9.17, 15) is 13.2 Å². The van der Waals surface area contributed by atoms with E-state index in [-0.39, 0.29) is 11.0 Å². The van der Waals surface area contributed by atoms with Gasteiger partial charge in [0.05, 0.1) is 0 Å². The fourth-order valence-corrected chi connectivity index (χ4v) is 5.70. The van der Waals surface area contributed by atoms with E-state index in [4.69, 9.17) is 4.42 Å².